The van der Waals surface area contributed by atoms with Crippen molar-refractivity contribution in [2.75, 3.05) is 13.2 Å². The topological polar surface area (TPSA) is 73.3 Å². The Morgan fingerprint density at radius 2 is 2.24 bits per heavy atom. The van der Waals surface area contributed by atoms with Gasteiger partial charge in [0.05, 0.1) is 12.3 Å². The first-order chi connectivity index (χ1) is 10.2. The summed E-state index contributed by atoms with van der Waals surface area (Å²) in [6.45, 7) is 3.66. The van der Waals surface area contributed by atoms with Crippen LogP contribution in [0, 0.1) is 0 Å². The lowest BCUT2D eigenvalue weighted by atomic mass is 9.70. The van der Waals surface area contributed by atoms with Gasteiger partial charge in [0, 0.05) is 30.3 Å². The molecule has 1 aliphatic heterocycles. The Hall–Kier alpha value is -1.85. The van der Waals surface area contributed by atoms with E-state index in [-0.39, 0.29) is 0 Å². The number of rotatable bonds is 4. The van der Waals surface area contributed by atoms with Gasteiger partial charge in [0.25, 0.3) is 0 Å². The van der Waals surface area contributed by atoms with Gasteiger partial charge in [0.1, 0.15) is 11.9 Å². The van der Waals surface area contributed by atoms with Gasteiger partial charge in [0.15, 0.2) is 0 Å². The van der Waals surface area contributed by atoms with Crippen molar-refractivity contribution in [2.45, 2.75) is 31.4 Å². The Morgan fingerprint density at radius 1 is 1.43 bits per heavy atom. The average Bonchev–Trinajstić information content (AvgIpc) is 3.02. The summed E-state index contributed by atoms with van der Waals surface area (Å²) in [6.07, 6.45) is 1.71. The number of hydrogen-bond donors (Lipinski definition) is 2. The van der Waals surface area contributed by atoms with E-state index >= 15 is 0 Å². The average molecular weight is 287 g/mol. The van der Waals surface area contributed by atoms with Crippen molar-refractivity contribution < 1.29 is 9.84 Å². The molecule has 0 radical (unpaired) electrons. The molecule has 21 heavy (non-hydrogen) atoms. The van der Waals surface area contributed by atoms with Crippen LogP contribution in [0.25, 0.3) is 0 Å². The molecule has 0 aliphatic carbocycles. The highest BCUT2D eigenvalue weighted by atomic mass is 16.5. The number of aliphatic hydroxyl groups is 1. The molecule has 0 bridgehead atoms. The second kappa shape index (κ2) is 5.50. The van der Waals surface area contributed by atoms with Crippen molar-refractivity contribution >= 4 is 0 Å². The molecule has 0 saturated carbocycles. The van der Waals surface area contributed by atoms with E-state index in [4.69, 9.17) is 10.5 Å². The second-order valence-electron chi connectivity index (χ2n) is 5.43. The van der Waals surface area contributed by atoms with Gasteiger partial charge in [-0.1, -0.05) is 18.2 Å². The Bertz CT molecular complexity index is 625. The molecule has 5 nitrogen and oxygen atoms in total. The van der Waals surface area contributed by atoms with Crippen LogP contribution in [0.1, 0.15) is 30.7 Å². The molecule has 1 aromatic heterocycles. The number of fused-ring (bicyclic) bond motifs is 1. The van der Waals surface area contributed by atoms with E-state index in [1.165, 1.54) is 0 Å². The fourth-order valence-electron chi connectivity index (χ4n) is 3.21. The van der Waals surface area contributed by atoms with Crippen molar-refractivity contribution in [3.8, 4) is 5.75 Å². The SMILES string of the molecule is CCn1nccc1C(O)C1(CN)CCOc2ccccc21. The van der Waals surface area contributed by atoms with E-state index in [1.807, 2.05) is 41.9 Å². The maximum Gasteiger partial charge on any atom is 0.123 e. The fourth-order valence-corrected chi connectivity index (χ4v) is 3.21. The van der Waals surface area contributed by atoms with Gasteiger partial charge in [0.2, 0.25) is 0 Å². The summed E-state index contributed by atoms with van der Waals surface area (Å²) in [6, 6.07) is 9.69. The molecule has 3 N–H and O–H groups in total. The fraction of sp³-hybridized carbons (Fsp3) is 0.438. The third-order valence-electron chi connectivity index (χ3n) is 4.45. The van der Waals surface area contributed by atoms with E-state index in [9.17, 15) is 5.11 Å². The summed E-state index contributed by atoms with van der Waals surface area (Å²) in [5.74, 6) is 0.816. The van der Waals surface area contributed by atoms with Gasteiger partial charge in [-0.25, -0.2) is 0 Å². The standard InChI is InChI=1S/C16H21N3O2/c1-2-19-13(7-9-18-19)15(20)16(11-17)8-10-21-14-6-4-3-5-12(14)16/h3-7,9,15,20H,2,8,10-11,17H2,1H3. The molecular weight excluding hydrogens is 266 g/mol. The third kappa shape index (κ3) is 2.13. The van der Waals surface area contributed by atoms with Crippen molar-refractivity contribution in [2.24, 2.45) is 5.73 Å². The number of benzene rings is 1. The summed E-state index contributed by atoms with van der Waals surface area (Å²) in [5.41, 5.74) is 7.37. The molecule has 2 atom stereocenters. The number of aliphatic hydroxyl groups excluding tert-OH is 1. The lowest BCUT2D eigenvalue weighted by Gasteiger charge is -2.41. The van der Waals surface area contributed by atoms with Crippen molar-refractivity contribution in [1.29, 1.82) is 0 Å². The van der Waals surface area contributed by atoms with E-state index < -0.39 is 11.5 Å². The molecule has 1 aliphatic rings. The normalized spacial score (nSPS) is 22.4. The Morgan fingerprint density at radius 3 is 3.00 bits per heavy atom. The highest BCUT2D eigenvalue weighted by Crippen LogP contribution is 2.46. The van der Waals surface area contributed by atoms with Gasteiger partial charge in [-0.15, -0.1) is 0 Å². The first-order valence-electron chi connectivity index (χ1n) is 7.35. The highest BCUT2D eigenvalue weighted by molar-refractivity contribution is 5.43. The smallest absolute Gasteiger partial charge is 0.123 e. The lowest BCUT2D eigenvalue weighted by molar-refractivity contribution is 0.0470. The van der Waals surface area contributed by atoms with Crippen LogP contribution in [0.4, 0.5) is 0 Å². The van der Waals surface area contributed by atoms with Crippen LogP contribution in [0.2, 0.25) is 0 Å². The Balaban J connectivity index is 2.09. The molecule has 0 amide bonds. The number of ether oxygens (including phenoxy) is 1. The number of para-hydroxylation sites is 1. The number of aryl methyl sites for hydroxylation is 1. The molecule has 0 saturated heterocycles. The van der Waals surface area contributed by atoms with Gasteiger partial charge in [-0.2, -0.15) is 5.10 Å². The first-order valence-corrected chi connectivity index (χ1v) is 7.35. The van der Waals surface area contributed by atoms with E-state index in [2.05, 4.69) is 5.10 Å². The molecule has 0 spiro atoms. The minimum Gasteiger partial charge on any atom is -0.493 e. The first kappa shape index (κ1) is 14.1. The third-order valence-corrected chi connectivity index (χ3v) is 4.45. The lowest BCUT2D eigenvalue weighted by Crippen LogP contribution is -2.45. The number of nitrogens with two attached hydrogens (primary N) is 1. The number of aromatic nitrogens is 2. The zero-order chi connectivity index (χ0) is 14.9. The molecule has 2 unspecified atom stereocenters. The minimum atomic E-state index is -0.699. The Kier molecular flexibility index (Phi) is 3.69. The minimum absolute atomic E-state index is 0.365. The Labute approximate surface area is 124 Å². The van der Waals surface area contributed by atoms with Crippen LogP contribution in [0.5, 0.6) is 5.75 Å². The van der Waals surface area contributed by atoms with Crippen LogP contribution in [0.15, 0.2) is 36.5 Å². The second-order valence-corrected chi connectivity index (χ2v) is 5.43. The number of hydrogen-bond acceptors (Lipinski definition) is 4. The maximum absolute atomic E-state index is 11.0. The summed E-state index contributed by atoms with van der Waals surface area (Å²) in [7, 11) is 0. The van der Waals surface area contributed by atoms with Crippen LogP contribution < -0.4 is 10.5 Å². The largest absolute Gasteiger partial charge is 0.493 e. The van der Waals surface area contributed by atoms with E-state index in [0.717, 1.165) is 23.6 Å². The quantitative estimate of drug-likeness (QED) is 0.896. The monoisotopic (exact) mass is 287 g/mol. The molecule has 3 rings (SSSR count). The summed E-state index contributed by atoms with van der Waals surface area (Å²) < 4.78 is 7.54. The summed E-state index contributed by atoms with van der Waals surface area (Å²) in [5, 5.41) is 15.3. The molecule has 1 aromatic carbocycles. The summed E-state index contributed by atoms with van der Waals surface area (Å²) in [4.78, 5) is 0. The predicted octanol–water partition coefficient (Wildman–Crippen LogP) is 1.62. The van der Waals surface area contributed by atoms with E-state index in [1.54, 1.807) is 6.20 Å². The molecule has 5 heteroatoms. The van der Waals surface area contributed by atoms with Crippen molar-refractivity contribution in [1.82, 2.24) is 9.78 Å². The zero-order valence-electron chi connectivity index (χ0n) is 12.2. The molecule has 112 valence electrons. The van der Waals surface area contributed by atoms with Crippen LogP contribution in [0.3, 0.4) is 0 Å². The summed E-state index contributed by atoms with van der Waals surface area (Å²) >= 11 is 0. The maximum atomic E-state index is 11.0. The van der Waals surface area contributed by atoms with Crippen LogP contribution in [-0.4, -0.2) is 28.0 Å². The molecule has 0 fully saturated rings. The van der Waals surface area contributed by atoms with Crippen LogP contribution in [-0.2, 0) is 12.0 Å². The highest BCUT2D eigenvalue weighted by Gasteiger charge is 2.44. The predicted molar refractivity (Wildman–Crippen MR) is 80.1 cm³/mol. The van der Waals surface area contributed by atoms with Gasteiger partial charge < -0.3 is 15.6 Å². The van der Waals surface area contributed by atoms with Crippen LogP contribution >= 0.6 is 0 Å². The van der Waals surface area contributed by atoms with Gasteiger partial charge in [-0.05, 0) is 25.5 Å². The van der Waals surface area contributed by atoms with Gasteiger partial charge >= 0.3 is 0 Å². The molecular formula is C16H21N3O2. The molecule has 2 aromatic rings. The number of nitrogens with zero attached hydrogens (tertiary/aromatic N) is 2. The van der Waals surface area contributed by atoms with Crippen molar-refractivity contribution in [3.05, 3.63) is 47.8 Å². The van der Waals surface area contributed by atoms with Crippen molar-refractivity contribution in [3.63, 3.8) is 0 Å². The van der Waals surface area contributed by atoms with E-state index in [0.29, 0.717) is 19.6 Å². The molecule has 2 heterocycles. The van der Waals surface area contributed by atoms with Gasteiger partial charge in [-0.3, -0.25) is 4.68 Å². The zero-order valence-corrected chi connectivity index (χ0v) is 12.2.